The highest BCUT2D eigenvalue weighted by molar-refractivity contribution is 5.77. The Morgan fingerprint density at radius 2 is 1.87 bits per heavy atom. The Morgan fingerprint density at radius 3 is 2.52 bits per heavy atom. The lowest BCUT2D eigenvalue weighted by Crippen LogP contribution is -2.19. The quantitative estimate of drug-likeness (QED) is 0.803. The van der Waals surface area contributed by atoms with Crippen LogP contribution in [0.3, 0.4) is 0 Å². The molecule has 23 heavy (non-hydrogen) atoms. The normalized spacial score (nSPS) is 10.5. The summed E-state index contributed by atoms with van der Waals surface area (Å²) in [5, 5.41) is 3.90. The van der Waals surface area contributed by atoms with E-state index in [-0.39, 0.29) is 11.6 Å². The van der Waals surface area contributed by atoms with Crippen LogP contribution in [-0.4, -0.2) is 15.8 Å². The van der Waals surface area contributed by atoms with E-state index in [1.54, 1.807) is 24.3 Å². The van der Waals surface area contributed by atoms with Crippen LogP contribution in [0.2, 0.25) is 0 Å². The fraction of sp³-hybridized carbons (Fsp3) is 0. The molecule has 0 unspecified atom stereocenters. The molecule has 7 heteroatoms. The SMILES string of the molecule is NC(=O)n1cc(-c2ccccc2)c(Oc2ccc(F)cc2F)n1. The highest BCUT2D eigenvalue weighted by Crippen LogP contribution is 2.33. The smallest absolute Gasteiger partial charge is 0.339 e. The molecule has 2 N–H and O–H groups in total. The zero-order chi connectivity index (χ0) is 16.4. The van der Waals surface area contributed by atoms with Gasteiger partial charge in [-0.15, -0.1) is 5.10 Å². The van der Waals surface area contributed by atoms with E-state index in [0.717, 1.165) is 16.8 Å². The summed E-state index contributed by atoms with van der Waals surface area (Å²) in [6, 6.07) is 11.0. The number of ether oxygens (including phenoxy) is 1. The summed E-state index contributed by atoms with van der Waals surface area (Å²) in [4.78, 5) is 11.3. The molecule has 0 bridgehead atoms. The summed E-state index contributed by atoms with van der Waals surface area (Å²) in [7, 11) is 0. The Bertz CT molecular complexity index is 863. The summed E-state index contributed by atoms with van der Waals surface area (Å²) in [5.74, 6) is -1.82. The average molecular weight is 315 g/mol. The number of benzene rings is 2. The lowest BCUT2D eigenvalue weighted by atomic mass is 10.1. The van der Waals surface area contributed by atoms with E-state index >= 15 is 0 Å². The first kappa shape index (κ1) is 14.7. The molecule has 0 saturated heterocycles. The van der Waals surface area contributed by atoms with Crippen molar-refractivity contribution in [1.82, 2.24) is 9.78 Å². The number of rotatable bonds is 3. The molecule has 3 rings (SSSR count). The van der Waals surface area contributed by atoms with Gasteiger partial charge in [-0.1, -0.05) is 30.3 Å². The van der Waals surface area contributed by atoms with Gasteiger partial charge >= 0.3 is 6.03 Å². The minimum atomic E-state index is -0.877. The largest absolute Gasteiger partial charge is 0.434 e. The molecule has 0 aliphatic rings. The molecule has 116 valence electrons. The van der Waals surface area contributed by atoms with Crippen molar-refractivity contribution >= 4 is 6.03 Å². The maximum atomic E-state index is 13.7. The van der Waals surface area contributed by atoms with E-state index < -0.39 is 17.7 Å². The van der Waals surface area contributed by atoms with E-state index in [0.29, 0.717) is 17.2 Å². The molecule has 1 amide bonds. The van der Waals surface area contributed by atoms with E-state index in [1.165, 1.54) is 6.20 Å². The van der Waals surface area contributed by atoms with Crippen LogP contribution in [-0.2, 0) is 0 Å². The van der Waals surface area contributed by atoms with Gasteiger partial charge in [-0.2, -0.15) is 4.68 Å². The van der Waals surface area contributed by atoms with Crippen LogP contribution >= 0.6 is 0 Å². The van der Waals surface area contributed by atoms with E-state index in [2.05, 4.69) is 5.10 Å². The average Bonchev–Trinajstić information content (AvgIpc) is 2.95. The molecule has 0 fully saturated rings. The van der Waals surface area contributed by atoms with Crippen LogP contribution in [0.4, 0.5) is 13.6 Å². The maximum Gasteiger partial charge on any atom is 0.339 e. The van der Waals surface area contributed by atoms with Crippen LogP contribution in [0.15, 0.2) is 54.7 Å². The van der Waals surface area contributed by atoms with Crippen molar-refractivity contribution in [3.8, 4) is 22.8 Å². The van der Waals surface area contributed by atoms with Gasteiger partial charge in [0.2, 0.25) is 5.88 Å². The molecule has 3 aromatic rings. The highest BCUT2D eigenvalue weighted by atomic mass is 19.1. The van der Waals surface area contributed by atoms with Crippen LogP contribution in [0.1, 0.15) is 0 Å². The van der Waals surface area contributed by atoms with Crippen molar-refractivity contribution in [2.75, 3.05) is 0 Å². The number of carbonyl (C=O) groups excluding carboxylic acids is 1. The third-order valence-electron chi connectivity index (χ3n) is 3.09. The number of hydrogen-bond donors (Lipinski definition) is 1. The van der Waals surface area contributed by atoms with E-state index in [9.17, 15) is 13.6 Å². The number of halogens is 2. The molecular weight excluding hydrogens is 304 g/mol. The van der Waals surface area contributed by atoms with E-state index in [4.69, 9.17) is 10.5 Å². The molecule has 0 atom stereocenters. The molecule has 0 spiro atoms. The third-order valence-corrected chi connectivity index (χ3v) is 3.09. The second-order valence-corrected chi connectivity index (χ2v) is 4.67. The molecule has 0 aliphatic heterocycles. The highest BCUT2D eigenvalue weighted by Gasteiger charge is 2.17. The Hall–Kier alpha value is -3.22. The first-order chi connectivity index (χ1) is 11.0. The molecule has 0 aliphatic carbocycles. The van der Waals surface area contributed by atoms with Crippen LogP contribution < -0.4 is 10.5 Å². The molecule has 1 heterocycles. The second-order valence-electron chi connectivity index (χ2n) is 4.67. The predicted molar refractivity (Wildman–Crippen MR) is 79.1 cm³/mol. The van der Waals surface area contributed by atoms with Crippen LogP contribution in [0.25, 0.3) is 11.1 Å². The number of carbonyl (C=O) groups is 1. The number of amides is 1. The van der Waals surface area contributed by atoms with E-state index in [1.807, 2.05) is 6.07 Å². The number of nitrogens with two attached hydrogens (primary N) is 1. The van der Waals surface area contributed by atoms with Gasteiger partial charge in [-0.3, -0.25) is 0 Å². The summed E-state index contributed by atoms with van der Waals surface area (Å²) in [5.41, 5.74) is 6.36. The van der Waals surface area contributed by atoms with Gasteiger partial charge in [0.15, 0.2) is 11.6 Å². The standard InChI is InChI=1S/C16H11F2N3O2/c17-11-6-7-14(13(18)8-11)23-15-12(9-21(20-15)16(19)22)10-4-2-1-3-5-10/h1-9H,(H2,19,22). The first-order valence-electron chi connectivity index (χ1n) is 6.62. The third kappa shape index (κ3) is 3.03. The lowest BCUT2D eigenvalue weighted by molar-refractivity contribution is 0.247. The van der Waals surface area contributed by atoms with Gasteiger partial charge < -0.3 is 10.5 Å². The summed E-state index contributed by atoms with van der Waals surface area (Å²) >= 11 is 0. The van der Waals surface area contributed by atoms with Crippen molar-refractivity contribution in [1.29, 1.82) is 0 Å². The number of nitrogens with zero attached hydrogens (tertiary/aromatic N) is 2. The van der Waals surface area contributed by atoms with Crippen LogP contribution in [0.5, 0.6) is 11.6 Å². The summed E-state index contributed by atoms with van der Waals surface area (Å²) < 4.78 is 33.0. The van der Waals surface area contributed by atoms with Crippen molar-refractivity contribution < 1.29 is 18.3 Å². The zero-order valence-electron chi connectivity index (χ0n) is 11.7. The van der Waals surface area contributed by atoms with Gasteiger partial charge in [0, 0.05) is 12.3 Å². The van der Waals surface area contributed by atoms with Gasteiger partial charge in [0.25, 0.3) is 0 Å². The monoisotopic (exact) mass is 315 g/mol. The molecule has 1 aromatic heterocycles. The minimum Gasteiger partial charge on any atom is -0.434 e. The van der Waals surface area contributed by atoms with Gasteiger partial charge in [0.05, 0.1) is 5.56 Å². The van der Waals surface area contributed by atoms with Gasteiger partial charge in [-0.05, 0) is 17.7 Å². The molecule has 5 nitrogen and oxygen atoms in total. The number of hydrogen-bond acceptors (Lipinski definition) is 3. The fourth-order valence-corrected chi connectivity index (χ4v) is 2.02. The van der Waals surface area contributed by atoms with Gasteiger partial charge in [0.1, 0.15) is 5.82 Å². The molecule has 2 aromatic carbocycles. The number of primary amides is 1. The summed E-state index contributed by atoms with van der Waals surface area (Å²) in [6.45, 7) is 0. The second kappa shape index (κ2) is 5.88. The minimum absolute atomic E-state index is 0.0134. The van der Waals surface area contributed by atoms with Gasteiger partial charge in [-0.25, -0.2) is 13.6 Å². The molecule has 0 radical (unpaired) electrons. The lowest BCUT2D eigenvalue weighted by Gasteiger charge is -2.06. The topological polar surface area (TPSA) is 70.1 Å². The van der Waals surface area contributed by atoms with Crippen molar-refractivity contribution in [2.45, 2.75) is 0 Å². The Morgan fingerprint density at radius 1 is 1.13 bits per heavy atom. The van der Waals surface area contributed by atoms with Crippen molar-refractivity contribution in [2.24, 2.45) is 5.73 Å². The van der Waals surface area contributed by atoms with Crippen molar-refractivity contribution in [3.05, 3.63) is 66.4 Å². The predicted octanol–water partition coefficient (Wildman–Crippen LogP) is 3.55. The van der Waals surface area contributed by atoms with Crippen LogP contribution in [0, 0.1) is 11.6 Å². The maximum absolute atomic E-state index is 13.7. The Balaban J connectivity index is 2.05. The fourth-order valence-electron chi connectivity index (χ4n) is 2.02. The number of aromatic nitrogens is 2. The molecule has 0 saturated carbocycles. The Labute approximate surface area is 129 Å². The Kier molecular flexibility index (Phi) is 3.76. The zero-order valence-corrected chi connectivity index (χ0v) is 11.7. The first-order valence-corrected chi connectivity index (χ1v) is 6.62. The summed E-state index contributed by atoms with van der Waals surface area (Å²) in [6.07, 6.45) is 1.38. The van der Waals surface area contributed by atoms with Crippen molar-refractivity contribution in [3.63, 3.8) is 0 Å². The molecular formula is C16H11F2N3O2.